The van der Waals surface area contributed by atoms with Gasteiger partial charge in [0.1, 0.15) is 0 Å². The van der Waals surface area contributed by atoms with Crippen LogP contribution in [0.5, 0.6) is 0 Å². The predicted molar refractivity (Wildman–Crippen MR) is 80.3 cm³/mol. The maximum atomic E-state index is 4.64. The van der Waals surface area contributed by atoms with Crippen LogP contribution in [-0.4, -0.2) is 21.3 Å². The van der Waals surface area contributed by atoms with E-state index in [9.17, 15) is 0 Å². The fourth-order valence-electron chi connectivity index (χ4n) is 2.22. The molecular weight excluding hydrogens is 248 g/mol. The zero-order valence-corrected chi connectivity index (χ0v) is 11.4. The molecule has 4 nitrogen and oxygen atoms in total. The molecule has 2 aromatic heterocycles. The Bertz CT molecular complexity index is 661. The number of nitrogens with zero attached hydrogens (tertiary/aromatic N) is 3. The summed E-state index contributed by atoms with van der Waals surface area (Å²) < 4.78 is 1.95. The molecule has 20 heavy (non-hydrogen) atoms. The van der Waals surface area contributed by atoms with Crippen molar-refractivity contribution in [2.45, 2.75) is 19.5 Å². The molecule has 1 N–H and O–H groups in total. The predicted octanol–water partition coefficient (Wildman–Crippen LogP) is 2.61. The average molecular weight is 266 g/mol. The molecule has 3 rings (SSSR count). The number of nitrogens with one attached hydrogen (secondary N) is 1. The Balaban J connectivity index is 1.47. The molecular formula is C16H18N4. The molecule has 2 heterocycles. The highest BCUT2D eigenvalue weighted by Gasteiger charge is 1.98. The van der Waals surface area contributed by atoms with Crippen molar-refractivity contribution in [3.05, 3.63) is 60.6 Å². The standard InChI is InChI=1S/C16H18N4/c1-2-6-16-14(5-1)7-8-15(19-16)13-17-9-3-11-20-12-4-10-18-20/h1-2,4-8,10,12,17H,3,9,11,13H2. The van der Waals surface area contributed by atoms with Gasteiger partial charge in [-0.15, -0.1) is 0 Å². The second-order valence-corrected chi connectivity index (χ2v) is 4.79. The van der Waals surface area contributed by atoms with Gasteiger partial charge in [0.05, 0.1) is 11.2 Å². The second kappa shape index (κ2) is 6.30. The molecule has 0 aliphatic rings. The Kier molecular flexibility index (Phi) is 4.04. The lowest BCUT2D eigenvalue weighted by Gasteiger charge is -2.06. The summed E-state index contributed by atoms with van der Waals surface area (Å²) in [6.07, 6.45) is 4.87. The highest BCUT2D eigenvalue weighted by molar-refractivity contribution is 5.78. The van der Waals surface area contributed by atoms with Gasteiger partial charge in [-0.05, 0) is 31.2 Å². The van der Waals surface area contributed by atoms with Crippen LogP contribution in [0.2, 0.25) is 0 Å². The summed E-state index contributed by atoms with van der Waals surface area (Å²) in [5, 5.41) is 8.80. The van der Waals surface area contributed by atoms with Crippen LogP contribution in [0.1, 0.15) is 12.1 Å². The first-order valence-electron chi connectivity index (χ1n) is 6.95. The number of fused-ring (bicyclic) bond motifs is 1. The molecule has 0 spiro atoms. The van der Waals surface area contributed by atoms with Crippen LogP contribution in [0, 0.1) is 0 Å². The lowest BCUT2D eigenvalue weighted by Crippen LogP contribution is -2.17. The van der Waals surface area contributed by atoms with E-state index in [1.165, 1.54) is 5.39 Å². The number of para-hydroxylation sites is 1. The van der Waals surface area contributed by atoms with E-state index in [2.05, 4.69) is 39.7 Å². The maximum absolute atomic E-state index is 4.64. The number of hydrogen-bond donors (Lipinski definition) is 1. The Morgan fingerprint density at radius 1 is 1.05 bits per heavy atom. The zero-order chi connectivity index (χ0) is 13.6. The molecule has 1 aromatic carbocycles. The van der Waals surface area contributed by atoms with Gasteiger partial charge in [0, 0.05) is 30.9 Å². The molecule has 0 fully saturated rings. The largest absolute Gasteiger partial charge is 0.311 e. The highest BCUT2D eigenvalue weighted by Crippen LogP contribution is 2.11. The lowest BCUT2D eigenvalue weighted by atomic mass is 10.2. The molecule has 102 valence electrons. The monoisotopic (exact) mass is 266 g/mol. The van der Waals surface area contributed by atoms with Gasteiger partial charge in [-0.3, -0.25) is 9.67 Å². The third-order valence-corrected chi connectivity index (χ3v) is 3.26. The van der Waals surface area contributed by atoms with Gasteiger partial charge in [-0.25, -0.2) is 0 Å². The molecule has 0 aliphatic carbocycles. The van der Waals surface area contributed by atoms with Crippen LogP contribution in [0.4, 0.5) is 0 Å². The minimum atomic E-state index is 0.809. The Morgan fingerprint density at radius 2 is 2.00 bits per heavy atom. The first-order valence-corrected chi connectivity index (χ1v) is 6.95. The fourth-order valence-corrected chi connectivity index (χ4v) is 2.22. The van der Waals surface area contributed by atoms with Crippen molar-refractivity contribution in [2.75, 3.05) is 6.54 Å². The van der Waals surface area contributed by atoms with Crippen molar-refractivity contribution >= 4 is 10.9 Å². The van der Waals surface area contributed by atoms with Gasteiger partial charge in [-0.2, -0.15) is 5.10 Å². The summed E-state index contributed by atoms with van der Waals surface area (Å²) >= 11 is 0. The molecule has 0 saturated carbocycles. The van der Waals surface area contributed by atoms with Gasteiger partial charge in [0.15, 0.2) is 0 Å². The number of pyridine rings is 1. The molecule has 0 aliphatic heterocycles. The molecule has 0 radical (unpaired) electrons. The minimum Gasteiger partial charge on any atom is -0.311 e. The topological polar surface area (TPSA) is 42.7 Å². The smallest absolute Gasteiger partial charge is 0.0705 e. The first-order chi connectivity index (χ1) is 9.92. The Hall–Kier alpha value is -2.20. The maximum Gasteiger partial charge on any atom is 0.0705 e. The van der Waals surface area contributed by atoms with E-state index < -0.39 is 0 Å². The summed E-state index contributed by atoms with van der Waals surface area (Å²) in [7, 11) is 0. The van der Waals surface area contributed by atoms with Gasteiger partial charge in [-0.1, -0.05) is 24.3 Å². The number of hydrogen-bond acceptors (Lipinski definition) is 3. The summed E-state index contributed by atoms with van der Waals surface area (Å²) in [6.45, 7) is 2.73. The second-order valence-electron chi connectivity index (χ2n) is 4.79. The van der Waals surface area contributed by atoms with Crippen LogP contribution in [-0.2, 0) is 13.1 Å². The van der Waals surface area contributed by atoms with Gasteiger partial charge < -0.3 is 5.32 Å². The van der Waals surface area contributed by atoms with Crippen molar-refractivity contribution in [2.24, 2.45) is 0 Å². The fraction of sp³-hybridized carbons (Fsp3) is 0.250. The number of aryl methyl sites for hydroxylation is 1. The first kappa shape index (κ1) is 12.8. The van der Waals surface area contributed by atoms with E-state index in [0.29, 0.717) is 0 Å². The van der Waals surface area contributed by atoms with Crippen LogP contribution in [0.3, 0.4) is 0 Å². The van der Waals surface area contributed by atoms with Crippen LogP contribution >= 0.6 is 0 Å². The minimum absolute atomic E-state index is 0.809. The van der Waals surface area contributed by atoms with Crippen molar-refractivity contribution in [1.82, 2.24) is 20.1 Å². The van der Waals surface area contributed by atoms with E-state index in [-0.39, 0.29) is 0 Å². The van der Waals surface area contributed by atoms with Crippen molar-refractivity contribution < 1.29 is 0 Å². The highest BCUT2D eigenvalue weighted by atomic mass is 15.3. The van der Waals surface area contributed by atoms with Gasteiger partial charge in [0.25, 0.3) is 0 Å². The van der Waals surface area contributed by atoms with Crippen LogP contribution < -0.4 is 5.32 Å². The van der Waals surface area contributed by atoms with Crippen molar-refractivity contribution in [3.63, 3.8) is 0 Å². The summed E-state index contributed by atoms with van der Waals surface area (Å²) in [5.41, 5.74) is 2.14. The van der Waals surface area contributed by atoms with Gasteiger partial charge >= 0.3 is 0 Å². The molecule has 3 aromatic rings. The van der Waals surface area contributed by atoms with E-state index in [1.54, 1.807) is 0 Å². The molecule has 0 amide bonds. The molecule has 0 atom stereocenters. The molecule has 0 bridgehead atoms. The molecule has 0 saturated heterocycles. The van der Waals surface area contributed by atoms with Crippen molar-refractivity contribution in [1.29, 1.82) is 0 Å². The van der Waals surface area contributed by atoms with E-state index in [1.807, 2.05) is 35.3 Å². The lowest BCUT2D eigenvalue weighted by molar-refractivity contribution is 0.541. The Morgan fingerprint density at radius 3 is 2.90 bits per heavy atom. The summed E-state index contributed by atoms with van der Waals surface area (Å²) in [6, 6.07) is 14.4. The third-order valence-electron chi connectivity index (χ3n) is 3.26. The number of rotatable bonds is 6. The molecule has 0 unspecified atom stereocenters. The van der Waals surface area contributed by atoms with Gasteiger partial charge in [0.2, 0.25) is 0 Å². The van der Waals surface area contributed by atoms with E-state index >= 15 is 0 Å². The SMILES string of the molecule is c1ccc2nc(CNCCCn3cccn3)ccc2c1. The van der Waals surface area contributed by atoms with E-state index in [4.69, 9.17) is 0 Å². The Labute approximate surface area is 118 Å². The number of benzene rings is 1. The average Bonchev–Trinajstić information content (AvgIpc) is 3.00. The van der Waals surface area contributed by atoms with Crippen LogP contribution in [0.25, 0.3) is 10.9 Å². The third kappa shape index (κ3) is 3.22. The van der Waals surface area contributed by atoms with Crippen LogP contribution in [0.15, 0.2) is 54.9 Å². The number of aromatic nitrogens is 3. The van der Waals surface area contributed by atoms with Crippen molar-refractivity contribution in [3.8, 4) is 0 Å². The van der Waals surface area contributed by atoms with E-state index in [0.717, 1.165) is 37.3 Å². The quantitative estimate of drug-likeness (QED) is 0.697. The summed E-state index contributed by atoms with van der Waals surface area (Å²) in [5.74, 6) is 0. The summed E-state index contributed by atoms with van der Waals surface area (Å²) in [4.78, 5) is 4.64. The normalized spacial score (nSPS) is 11.0. The zero-order valence-electron chi connectivity index (χ0n) is 11.4. The molecule has 4 heteroatoms.